The molecule has 3 aromatic rings. The minimum absolute atomic E-state index is 0.194. The Hall–Kier alpha value is -2.99. The minimum Gasteiger partial charge on any atom is -0.421 e. The molecule has 0 saturated carbocycles. The highest BCUT2D eigenvalue weighted by Crippen LogP contribution is 2.19. The van der Waals surface area contributed by atoms with Crippen LogP contribution in [0.2, 0.25) is 0 Å². The third-order valence-electron chi connectivity index (χ3n) is 5.39. The summed E-state index contributed by atoms with van der Waals surface area (Å²) in [6.07, 6.45) is 3.83. The largest absolute Gasteiger partial charge is 0.421 e. The molecular weight excluding hydrogens is 378 g/mol. The summed E-state index contributed by atoms with van der Waals surface area (Å²) >= 11 is 0. The Balaban J connectivity index is 1.15. The summed E-state index contributed by atoms with van der Waals surface area (Å²) in [5, 5.41) is 8.19. The Kier molecular flexibility index (Phi) is 6.87. The van der Waals surface area contributed by atoms with Crippen molar-refractivity contribution in [2.45, 2.75) is 44.8 Å². The number of carbonyl (C=O) groups is 1. The molecule has 156 valence electrons. The zero-order valence-electron chi connectivity index (χ0n) is 17.1. The van der Waals surface area contributed by atoms with Gasteiger partial charge in [-0.3, -0.25) is 4.79 Å². The van der Waals surface area contributed by atoms with Crippen LogP contribution in [0, 0.1) is 0 Å². The number of aromatic nitrogens is 2. The normalized spacial score (nSPS) is 14.7. The predicted octanol–water partition coefficient (Wildman–Crippen LogP) is 4.27. The molecule has 0 spiro atoms. The molecule has 1 fully saturated rings. The van der Waals surface area contributed by atoms with E-state index in [-0.39, 0.29) is 12.0 Å². The highest BCUT2D eigenvalue weighted by molar-refractivity contribution is 5.76. The molecule has 2 aromatic carbocycles. The van der Waals surface area contributed by atoms with Gasteiger partial charge in [0.1, 0.15) is 0 Å². The molecule has 0 aliphatic carbocycles. The number of piperidine rings is 1. The van der Waals surface area contributed by atoms with E-state index in [9.17, 15) is 4.79 Å². The molecule has 1 aliphatic rings. The second kappa shape index (κ2) is 10.2. The Bertz CT molecular complexity index is 919. The number of benzene rings is 2. The molecule has 0 radical (unpaired) electrons. The number of rotatable bonds is 8. The fraction of sp³-hybridized carbons (Fsp3) is 0.375. The summed E-state index contributed by atoms with van der Waals surface area (Å²) in [4.78, 5) is 14.5. The highest BCUT2D eigenvalue weighted by atomic mass is 16.5. The van der Waals surface area contributed by atoms with Crippen LogP contribution in [-0.4, -0.2) is 40.2 Å². The van der Waals surface area contributed by atoms with E-state index in [0.29, 0.717) is 37.7 Å². The summed E-state index contributed by atoms with van der Waals surface area (Å²) in [6, 6.07) is 19.9. The molecular formula is C24H27N3O3. The summed E-state index contributed by atoms with van der Waals surface area (Å²) in [6.45, 7) is 2.16. The van der Waals surface area contributed by atoms with Crippen molar-refractivity contribution in [1.82, 2.24) is 15.1 Å². The SMILES string of the molecule is O=C(CCCc1nnc(-c2ccccc2)o1)N1CCC(OCc2ccccc2)CC1. The van der Waals surface area contributed by atoms with E-state index in [1.54, 1.807) is 0 Å². The van der Waals surface area contributed by atoms with Gasteiger partial charge in [-0.25, -0.2) is 0 Å². The van der Waals surface area contributed by atoms with E-state index in [4.69, 9.17) is 9.15 Å². The third kappa shape index (κ3) is 5.54. The van der Waals surface area contributed by atoms with Gasteiger partial charge in [0.05, 0.1) is 12.7 Å². The van der Waals surface area contributed by atoms with Crippen molar-refractivity contribution >= 4 is 5.91 Å². The lowest BCUT2D eigenvalue weighted by Gasteiger charge is -2.32. The van der Waals surface area contributed by atoms with Crippen molar-refractivity contribution in [3.05, 3.63) is 72.1 Å². The molecule has 30 heavy (non-hydrogen) atoms. The van der Waals surface area contributed by atoms with Crippen molar-refractivity contribution in [1.29, 1.82) is 0 Å². The van der Waals surface area contributed by atoms with Crippen molar-refractivity contribution in [2.24, 2.45) is 0 Å². The smallest absolute Gasteiger partial charge is 0.247 e. The molecule has 1 amide bonds. The van der Waals surface area contributed by atoms with E-state index < -0.39 is 0 Å². The maximum atomic E-state index is 12.5. The van der Waals surface area contributed by atoms with E-state index in [1.165, 1.54) is 5.56 Å². The number of carbonyl (C=O) groups excluding carboxylic acids is 1. The van der Waals surface area contributed by atoms with Crippen molar-refractivity contribution < 1.29 is 13.9 Å². The summed E-state index contributed by atoms with van der Waals surface area (Å²) in [5.74, 6) is 1.29. The Morgan fingerprint density at radius 1 is 1.00 bits per heavy atom. The topological polar surface area (TPSA) is 68.5 Å². The van der Waals surface area contributed by atoms with Crippen LogP contribution in [0.25, 0.3) is 11.5 Å². The first-order chi connectivity index (χ1) is 14.8. The van der Waals surface area contributed by atoms with Gasteiger partial charge < -0.3 is 14.1 Å². The van der Waals surface area contributed by atoms with Gasteiger partial charge in [-0.2, -0.15) is 0 Å². The van der Waals surface area contributed by atoms with Crippen molar-refractivity contribution in [3.63, 3.8) is 0 Å². The Labute approximate surface area is 176 Å². The van der Waals surface area contributed by atoms with Crippen LogP contribution in [0.4, 0.5) is 0 Å². The number of hydrogen-bond donors (Lipinski definition) is 0. The van der Waals surface area contributed by atoms with E-state index in [2.05, 4.69) is 22.3 Å². The Morgan fingerprint density at radius 3 is 2.43 bits per heavy atom. The number of ether oxygens (including phenoxy) is 1. The van der Waals surface area contributed by atoms with Gasteiger partial charge in [0.25, 0.3) is 0 Å². The molecule has 4 rings (SSSR count). The van der Waals surface area contributed by atoms with Crippen LogP contribution in [0.1, 0.15) is 37.1 Å². The summed E-state index contributed by atoms with van der Waals surface area (Å²) < 4.78 is 11.7. The lowest BCUT2D eigenvalue weighted by molar-refractivity contribution is -0.134. The molecule has 0 atom stereocenters. The fourth-order valence-corrected chi connectivity index (χ4v) is 3.66. The van der Waals surface area contributed by atoms with Crippen LogP contribution in [0.5, 0.6) is 0 Å². The second-order valence-electron chi connectivity index (χ2n) is 7.60. The number of aryl methyl sites for hydroxylation is 1. The maximum Gasteiger partial charge on any atom is 0.247 e. The van der Waals surface area contributed by atoms with Crippen LogP contribution in [0.15, 0.2) is 65.1 Å². The van der Waals surface area contributed by atoms with Gasteiger partial charge in [-0.05, 0) is 37.0 Å². The molecule has 0 unspecified atom stereocenters. The van der Waals surface area contributed by atoms with Crippen molar-refractivity contribution in [3.8, 4) is 11.5 Å². The van der Waals surface area contributed by atoms with E-state index in [0.717, 1.165) is 31.5 Å². The van der Waals surface area contributed by atoms with Crippen LogP contribution in [0.3, 0.4) is 0 Å². The second-order valence-corrected chi connectivity index (χ2v) is 7.60. The molecule has 6 nitrogen and oxygen atoms in total. The lowest BCUT2D eigenvalue weighted by atomic mass is 10.1. The fourth-order valence-electron chi connectivity index (χ4n) is 3.66. The standard InChI is InChI=1S/C24H27N3O3/c28-23(13-7-12-22-25-26-24(30-22)20-10-5-2-6-11-20)27-16-14-21(15-17-27)29-18-19-8-3-1-4-9-19/h1-6,8-11,21H,7,12-18H2. The molecule has 1 aliphatic heterocycles. The summed E-state index contributed by atoms with van der Waals surface area (Å²) in [7, 11) is 0. The first-order valence-corrected chi connectivity index (χ1v) is 10.6. The third-order valence-corrected chi connectivity index (χ3v) is 5.39. The zero-order chi connectivity index (χ0) is 20.6. The minimum atomic E-state index is 0.194. The molecule has 0 N–H and O–H groups in total. The predicted molar refractivity (Wildman–Crippen MR) is 114 cm³/mol. The summed E-state index contributed by atoms with van der Waals surface area (Å²) in [5.41, 5.74) is 2.09. The van der Waals surface area contributed by atoms with Gasteiger partial charge in [0, 0.05) is 31.5 Å². The van der Waals surface area contributed by atoms with Crippen LogP contribution >= 0.6 is 0 Å². The Morgan fingerprint density at radius 2 is 1.70 bits per heavy atom. The zero-order valence-corrected chi connectivity index (χ0v) is 17.1. The van der Waals surface area contributed by atoms with Gasteiger partial charge in [0.15, 0.2) is 0 Å². The molecule has 0 bridgehead atoms. The van der Waals surface area contributed by atoms with E-state index >= 15 is 0 Å². The average molecular weight is 405 g/mol. The quantitative estimate of drug-likeness (QED) is 0.560. The molecule has 1 saturated heterocycles. The first-order valence-electron chi connectivity index (χ1n) is 10.6. The molecule has 2 heterocycles. The molecule has 1 aromatic heterocycles. The molecule has 6 heteroatoms. The average Bonchev–Trinajstić information content (AvgIpc) is 3.28. The van der Waals surface area contributed by atoms with Crippen molar-refractivity contribution in [2.75, 3.05) is 13.1 Å². The van der Waals surface area contributed by atoms with Gasteiger partial charge in [-0.1, -0.05) is 48.5 Å². The number of amides is 1. The van der Waals surface area contributed by atoms with Gasteiger partial charge in [0.2, 0.25) is 17.7 Å². The van der Waals surface area contributed by atoms with Crippen LogP contribution in [-0.2, 0) is 22.6 Å². The number of likely N-dealkylation sites (tertiary alicyclic amines) is 1. The first kappa shape index (κ1) is 20.3. The maximum absolute atomic E-state index is 12.5. The van der Waals surface area contributed by atoms with Crippen LogP contribution < -0.4 is 0 Å². The highest BCUT2D eigenvalue weighted by Gasteiger charge is 2.23. The van der Waals surface area contributed by atoms with Gasteiger partial charge >= 0.3 is 0 Å². The lowest BCUT2D eigenvalue weighted by Crippen LogP contribution is -2.40. The monoisotopic (exact) mass is 405 g/mol. The number of hydrogen-bond acceptors (Lipinski definition) is 5. The van der Waals surface area contributed by atoms with Gasteiger partial charge in [-0.15, -0.1) is 10.2 Å². The number of nitrogens with zero attached hydrogens (tertiary/aromatic N) is 3. The van der Waals surface area contributed by atoms with E-state index in [1.807, 2.05) is 53.4 Å².